The maximum absolute atomic E-state index is 9.46. The topological polar surface area (TPSA) is 70.5 Å². The highest BCUT2D eigenvalue weighted by Gasteiger charge is 2.20. The Balaban J connectivity index is 1.70. The summed E-state index contributed by atoms with van der Waals surface area (Å²) in [7, 11) is 0. The van der Waals surface area contributed by atoms with Crippen molar-refractivity contribution in [2.24, 2.45) is 5.92 Å². The zero-order chi connectivity index (χ0) is 20.1. The summed E-state index contributed by atoms with van der Waals surface area (Å²) >= 11 is 0. The van der Waals surface area contributed by atoms with E-state index in [1.54, 1.807) is 6.33 Å². The molecule has 1 saturated heterocycles. The Morgan fingerprint density at radius 2 is 2.07 bits per heavy atom. The quantitative estimate of drug-likeness (QED) is 0.790. The Bertz CT molecular complexity index is 788. The second-order valence-electron chi connectivity index (χ2n) is 8.58. The van der Waals surface area contributed by atoms with E-state index in [0.29, 0.717) is 12.5 Å². The van der Waals surface area contributed by atoms with Gasteiger partial charge in [0.15, 0.2) is 0 Å². The first kappa shape index (κ1) is 20.4. The Labute approximate surface area is 168 Å². The van der Waals surface area contributed by atoms with Crippen molar-refractivity contribution in [3.8, 4) is 5.75 Å². The van der Waals surface area contributed by atoms with Crippen LogP contribution in [0.3, 0.4) is 0 Å². The molecule has 3 rings (SSSR count). The van der Waals surface area contributed by atoms with Crippen LogP contribution in [0, 0.1) is 12.8 Å². The van der Waals surface area contributed by atoms with Crippen LogP contribution in [0.2, 0.25) is 0 Å². The minimum atomic E-state index is -0.248. The number of aryl methyl sites for hydroxylation is 1. The van der Waals surface area contributed by atoms with Gasteiger partial charge in [0.05, 0.1) is 0 Å². The average Bonchev–Trinajstić information content (AvgIpc) is 2.66. The van der Waals surface area contributed by atoms with E-state index in [0.717, 1.165) is 48.9 Å². The van der Waals surface area contributed by atoms with Crippen molar-refractivity contribution in [1.82, 2.24) is 9.97 Å². The van der Waals surface area contributed by atoms with Gasteiger partial charge in [-0.25, -0.2) is 9.97 Å². The third-order valence-electron chi connectivity index (χ3n) is 4.85. The molecule has 2 N–H and O–H groups in total. The van der Waals surface area contributed by atoms with Crippen molar-refractivity contribution >= 4 is 11.6 Å². The zero-order valence-corrected chi connectivity index (χ0v) is 17.4. The number of hydrogen-bond acceptors (Lipinski definition) is 6. The van der Waals surface area contributed by atoms with Gasteiger partial charge >= 0.3 is 0 Å². The van der Waals surface area contributed by atoms with Crippen LogP contribution in [0.1, 0.15) is 44.7 Å². The number of ether oxygens (including phenoxy) is 1. The maximum Gasteiger partial charge on any atom is 0.134 e. The van der Waals surface area contributed by atoms with Crippen LogP contribution in [0.15, 0.2) is 30.6 Å². The third kappa shape index (κ3) is 5.58. The van der Waals surface area contributed by atoms with Crippen molar-refractivity contribution in [3.05, 3.63) is 41.7 Å². The van der Waals surface area contributed by atoms with Crippen LogP contribution < -0.4 is 15.0 Å². The van der Waals surface area contributed by atoms with Gasteiger partial charge in [0.25, 0.3) is 0 Å². The number of nitrogens with zero attached hydrogens (tertiary/aromatic N) is 3. The fourth-order valence-corrected chi connectivity index (χ4v) is 3.46. The lowest BCUT2D eigenvalue weighted by atomic mass is 9.99. The molecule has 152 valence electrons. The van der Waals surface area contributed by atoms with Gasteiger partial charge in [-0.05, 0) is 58.1 Å². The van der Waals surface area contributed by atoms with Gasteiger partial charge < -0.3 is 20.1 Å². The lowest BCUT2D eigenvalue weighted by molar-refractivity contribution is 0.129. The fourth-order valence-electron chi connectivity index (χ4n) is 3.46. The monoisotopic (exact) mass is 384 g/mol. The Hall–Kier alpha value is -2.34. The zero-order valence-electron chi connectivity index (χ0n) is 17.4. The average molecular weight is 385 g/mol. The standard InChI is InChI=1S/C22H32N4O2/c1-16-7-8-18(19(10-16)28-22(2,3)4)12-23-20-11-21(25-15-24-20)26-9-5-6-17(13-26)14-27/h7-8,10-11,15,17,27H,5-6,9,12-14H2,1-4H3,(H,23,24,25). The number of anilines is 2. The minimum Gasteiger partial charge on any atom is -0.488 e. The van der Waals surface area contributed by atoms with E-state index in [2.05, 4.69) is 66.1 Å². The van der Waals surface area contributed by atoms with Crippen LogP contribution in [0.5, 0.6) is 5.75 Å². The minimum absolute atomic E-state index is 0.233. The molecule has 1 atom stereocenters. The lowest BCUT2D eigenvalue weighted by Gasteiger charge is -2.32. The number of hydrogen-bond donors (Lipinski definition) is 2. The molecule has 1 aliphatic heterocycles. The molecule has 0 radical (unpaired) electrons. The van der Waals surface area contributed by atoms with E-state index in [1.165, 1.54) is 5.56 Å². The number of rotatable bonds is 6. The highest BCUT2D eigenvalue weighted by atomic mass is 16.5. The van der Waals surface area contributed by atoms with Crippen molar-refractivity contribution in [3.63, 3.8) is 0 Å². The summed E-state index contributed by atoms with van der Waals surface area (Å²) in [5, 5.41) is 12.9. The normalized spacial score (nSPS) is 17.5. The summed E-state index contributed by atoms with van der Waals surface area (Å²) in [5.41, 5.74) is 2.03. The highest BCUT2D eigenvalue weighted by Crippen LogP contribution is 2.26. The van der Waals surface area contributed by atoms with E-state index in [9.17, 15) is 5.11 Å². The number of aliphatic hydroxyl groups excluding tert-OH is 1. The van der Waals surface area contributed by atoms with Gasteiger partial charge in [-0.2, -0.15) is 0 Å². The summed E-state index contributed by atoms with van der Waals surface area (Å²) in [6.07, 6.45) is 3.75. The number of aromatic nitrogens is 2. The van der Waals surface area contributed by atoms with E-state index in [-0.39, 0.29) is 12.2 Å². The summed E-state index contributed by atoms with van der Waals surface area (Å²) in [5.74, 6) is 2.92. The summed E-state index contributed by atoms with van der Waals surface area (Å²) < 4.78 is 6.14. The molecule has 0 spiro atoms. The molecule has 0 amide bonds. The van der Waals surface area contributed by atoms with Crippen LogP contribution >= 0.6 is 0 Å². The molecule has 0 saturated carbocycles. The van der Waals surface area contributed by atoms with Crippen molar-refractivity contribution < 1.29 is 9.84 Å². The number of nitrogens with one attached hydrogen (secondary N) is 1. The van der Waals surface area contributed by atoms with E-state index >= 15 is 0 Å². The number of piperidine rings is 1. The third-order valence-corrected chi connectivity index (χ3v) is 4.85. The molecule has 1 fully saturated rings. The largest absolute Gasteiger partial charge is 0.488 e. The molecule has 2 aromatic rings. The predicted octanol–water partition coefficient (Wildman–Crippen LogP) is 3.78. The Morgan fingerprint density at radius 3 is 2.82 bits per heavy atom. The molecule has 28 heavy (non-hydrogen) atoms. The molecule has 2 heterocycles. The van der Waals surface area contributed by atoms with Crippen molar-refractivity contribution in [2.75, 3.05) is 29.9 Å². The van der Waals surface area contributed by atoms with Crippen LogP contribution in [-0.2, 0) is 6.54 Å². The molecule has 0 aliphatic carbocycles. The smallest absolute Gasteiger partial charge is 0.134 e. The predicted molar refractivity (Wildman–Crippen MR) is 113 cm³/mol. The van der Waals surface area contributed by atoms with Gasteiger partial charge in [-0.1, -0.05) is 12.1 Å². The molecule has 1 aromatic carbocycles. The molecule has 1 unspecified atom stereocenters. The van der Waals surface area contributed by atoms with Crippen LogP contribution in [-0.4, -0.2) is 40.4 Å². The summed E-state index contributed by atoms with van der Waals surface area (Å²) in [6, 6.07) is 8.26. The molecular formula is C22H32N4O2. The van der Waals surface area contributed by atoms with Gasteiger partial charge in [-0.15, -0.1) is 0 Å². The van der Waals surface area contributed by atoms with Gasteiger partial charge in [0, 0.05) is 37.9 Å². The molecule has 6 heteroatoms. The van der Waals surface area contributed by atoms with E-state index in [1.807, 2.05) is 6.07 Å². The molecule has 6 nitrogen and oxygen atoms in total. The first-order valence-corrected chi connectivity index (χ1v) is 10.0. The first-order chi connectivity index (χ1) is 13.3. The molecule has 0 bridgehead atoms. The van der Waals surface area contributed by atoms with Gasteiger partial charge in [0.2, 0.25) is 0 Å². The lowest BCUT2D eigenvalue weighted by Crippen LogP contribution is -2.37. The Morgan fingerprint density at radius 1 is 1.25 bits per heavy atom. The van der Waals surface area contributed by atoms with Crippen molar-refractivity contribution in [1.29, 1.82) is 0 Å². The maximum atomic E-state index is 9.46. The second kappa shape index (κ2) is 8.78. The number of benzene rings is 1. The van der Waals surface area contributed by atoms with E-state index < -0.39 is 0 Å². The first-order valence-electron chi connectivity index (χ1n) is 10.0. The molecular weight excluding hydrogens is 352 g/mol. The Kier molecular flexibility index (Phi) is 6.39. The SMILES string of the molecule is Cc1ccc(CNc2cc(N3CCCC(CO)C3)ncn2)c(OC(C)(C)C)c1. The highest BCUT2D eigenvalue weighted by molar-refractivity contribution is 5.50. The van der Waals surface area contributed by atoms with Gasteiger partial charge in [-0.3, -0.25) is 0 Å². The number of aliphatic hydroxyl groups is 1. The summed E-state index contributed by atoms with van der Waals surface area (Å²) in [4.78, 5) is 11.0. The summed E-state index contributed by atoms with van der Waals surface area (Å²) in [6.45, 7) is 10.9. The van der Waals surface area contributed by atoms with Crippen LogP contribution in [0.4, 0.5) is 11.6 Å². The van der Waals surface area contributed by atoms with Crippen molar-refractivity contribution in [2.45, 2.75) is 52.7 Å². The fraction of sp³-hybridized carbons (Fsp3) is 0.545. The second-order valence-corrected chi connectivity index (χ2v) is 8.58. The van der Waals surface area contributed by atoms with Gasteiger partial charge in [0.1, 0.15) is 29.3 Å². The van der Waals surface area contributed by atoms with Crippen LogP contribution in [0.25, 0.3) is 0 Å². The molecule has 1 aliphatic rings. The van der Waals surface area contributed by atoms with E-state index in [4.69, 9.17) is 4.74 Å². The molecule has 1 aromatic heterocycles.